The highest BCUT2D eigenvalue weighted by Crippen LogP contribution is 2.51. The van der Waals surface area contributed by atoms with Crippen molar-refractivity contribution in [1.82, 2.24) is 4.98 Å². The van der Waals surface area contributed by atoms with Crippen LogP contribution in [0.2, 0.25) is 0 Å². The van der Waals surface area contributed by atoms with E-state index in [4.69, 9.17) is 11.6 Å². The summed E-state index contributed by atoms with van der Waals surface area (Å²) < 4.78 is 0. The highest BCUT2D eigenvalue weighted by Gasteiger charge is 2.35. The summed E-state index contributed by atoms with van der Waals surface area (Å²) in [4.78, 5) is 9.15. The molecule has 0 saturated heterocycles. The predicted molar refractivity (Wildman–Crippen MR) is 214 cm³/mol. The summed E-state index contributed by atoms with van der Waals surface area (Å²) in [5.41, 5.74) is 13.5. The molecule has 238 valence electrons. The molecule has 0 fully saturated rings. The third-order valence-electron chi connectivity index (χ3n) is 11.1. The summed E-state index contributed by atoms with van der Waals surface area (Å²) >= 11 is 0. The van der Waals surface area contributed by atoms with E-state index in [1.165, 1.54) is 76.8 Å². The van der Waals surface area contributed by atoms with Gasteiger partial charge in [-0.3, -0.25) is 0 Å². The number of rotatable bonds is 3. The van der Waals surface area contributed by atoms with Gasteiger partial charge in [0.15, 0.2) is 5.69 Å². The van der Waals surface area contributed by atoms with Crippen LogP contribution in [0.25, 0.3) is 92.7 Å². The zero-order valence-electron chi connectivity index (χ0n) is 28.4. The van der Waals surface area contributed by atoms with Crippen LogP contribution in [-0.2, 0) is 5.41 Å². The second-order valence-corrected chi connectivity index (χ2v) is 14.2. The molecule has 0 amide bonds. The average molecular weight is 649 g/mol. The quantitative estimate of drug-likeness (QED) is 0.138. The maximum Gasteiger partial charge on any atom is 0.187 e. The van der Waals surface area contributed by atoms with Gasteiger partial charge in [0.2, 0.25) is 0 Å². The predicted octanol–water partition coefficient (Wildman–Crippen LogP) is 13.6. The topological polar surface area (TPSA) is 17.2 Å². The molecule has 0 aliphatic heterocycles. The van der Waals surface area contributed by atoms with E-state index < -0.39 is 0 Å². The largest absolute Gasteiger partial charge is 0.246 e. The zero-order valence-corrected chi connectivity index (χ0v) is 28.4. The first-order valence-corrected chi connectivity index (χ1v) is 17.5. The number of nitrogens with zero attached hydrogens (tertiary/aromatic N) is 2. The first-order valence-electron chi connectivity index (χ1n) is 17.5. The standard InChI is InChI=1S/C49H32N2/c1-49(2)44-27-34(22-24-38(44)39-26-23-35(50-3)28-45(39)49)30-17-19-32(20-18-30)42-29-43-46(40-16-10-9-15-37(40)42)41-25-21-31-11-7-8-14-36(31)48(41)51-47(43)33-12-5-4-6-13-33/h4-29H,1-2H3. The summed E-state index contributed by atoms with van der Waals surface area (Å²) in [6.45, 7) is 12.1. The number of fused-ring (bicyclic) bond motifs is 10. The number of pyridine rings is 1. The molecule has 1 aliphatic rings. The molecule has 0 unspecified atom stereocenters. The zero-order chi connectivity index (χ0) is 34.3. The van der Waals surface area contributed by atoms with Crippen molar-refractivity contribution in [3.05, 3.63) is 180 Å². The van der Waals surface area contributed by atoms with Crippen molar-refractivity contribution in [2.45, 2.75) is 19.3 Å². The molecule has 2 nitrogen and oxygen atoms in total. The Morgan fingerprint density at radius 3 is 1.90 bits per heavy atom. The number of aromatic nitrogens is 1. The summed E-state index contributed by atoms with van der Waals surface area (Å²) in [5.74, 6) is 0. The first kappa shape index (κ1) is 29.4. The number of hydrogen-bond acceptors (Lipinski definition) is 1. The Balaban J connectivity index is 1.15. The molecule has 51 heavy (non-hydrogen) atoms. The Labute approximate surface area is 297 Å². The van der Waals surface area contributed by atoms with Crippen LogP contribution in [0.1, 0.15) is 25.0 Å². The molecule has 0 spiro atoms. The van der Waals surface area contributed by atoms with Gasteiger partial charge >= 0.3 is 0 Å². The van der Waals surface area contributed by atoms with E-state index >= 15 is 0 Å². The second kappa shape index (κ2) is 11.0. The van der Waals surface area contributed by atoms with Gasteiger partial charge in [0.25, 0.3) is 0 Å². The van der Waals surface area contributed by atoms with E-state index in [2.05, 4.69) is 170 Å². The van der Waals surface area contributed by atoms with Crippen molar-refractivity contribution in [3.8, 4) is 44.6 Å². The molecule has 0 radical (unpaired) electrons. The van der Waals surface area contributed by atoms with Crippen molar-refractivity contribution >= 4 is 48.9 Å². The monoisotopic (exact) mass is 648 g/mol. The molecular weight excluding hydrogens is 617 g/mol. The molecule has 1 aliphatic carbocycles. The molecule has 0 N–H and O–H groups in total. The molecule has 1 aromatic heterocycles. The summed E-state index contributed by atoms with van der Waals surface area (Å²) in [6.07, 6.45) is 0. The van der Waals surface area contributed by atoms with E-state index in [-0.39, 0.29) is 5.41 Å². The van der Waals surface area contributed by atoms with Crippen molar-refractivity contribution in [3.63, 3.8) is 0 Å². The molecule has 1 heterocycles. The molecule has 0 saturated carbocycles. The maximum atomic E-state index is 7.54. The van der Waals surface area contributed by atoms with Gasteiger partial charge in [0.05, 0.1) is 17.8 Å². The highest BCUT2D eigenvalue weighted by molar-refractivity contribution is 6.28. The lowest BCUT2D eigenvalue weighted by Gasteiger charge is -2.22. The minimum absolute atomic E-state index is 0.174. The third kappa shape index (κ3) is 4.38. The van der Waals surface area contributed by atoms with Crippen LogP contribution in [0.5, 0.6) is 0 Å². The molecule has 0 atom stereocenters. The minimum Gasteiger partial charge on any atom is -0.246 e. The van der Waals surface area contributed by atoms with Gasteiger partial charge in [0.1, 0.15) is 0 Å². The third-order valence-corrected chi connectivity index (χ3v) is 11.1. The lowest BCUT2D eigenvalue weighted by atomic mass is 9.81. The minimum atomic E-state index is -0.174. The number of hydrogen-bond donors (Lipinski definition) is 0. The second-order valence-electron chi connectivity index (χ2n) is 14.2. The first-order chi connectivity index (χ1) is 25.0. The van der Waals surface area contributed by atoms with Crippen LogP contribution >= 0.6 is 0 Å². The van der Waals surface area contributed by atoms with Gasteiger partial charge in [-0.2, -0.15) is 0 Å². The van der Waals surface area contributed by atoms with Gasteiger partial charge in [0, 0.05) is 32.5 Å². The Morgan fingerprint density at radius 1 is 0.471 bits per heavy atom. The van der Waals surface area contributed by atoms with E-state index in [9.17, 15) is 0 Å². The SMILES string of the molecule is [C-]#[N+]c1ccc2c(c1)C(C)(C)c1cc(-c3ccc(-c4cc5c(-c6ccccc6)nc6c7ccccc7ccc6c5c5ccccc45)cc3)ccc1-2. The van der Waals surface area contributed by atoms with Gasteiger partial charge in [-0.1, -0.05) is 159 Å². The van der Waals surface area contributed by atoms with Crippen LogP contribution in [0.3, 0.4) is 0 Å². The van der Waals surface area contributed by atoms with Gasteiger partial charge in [-0.05, 0) is 72.8 Å². The smallest absolute Gasteiger partial charge is 0.187 e. The van der Waals surface area contributed by atoms with Crippen molar-refractivity contribution in [2.75, 3.05) is 0 Å². The summed E-state index contributed by atoms with van der Waals surface area (Å²) in [6, 6.07) is 56.8. The molecule has 0 bridgehead atoms. The number of benzene rings is 8. The molecule has 8 aromatic carbocycles. The molecular formula is C49H32N2. The Hall–Kier alpha value is -6.56. The van der Waals surface area contributed by atoms with Crippen LogP contribution < -0.4 is 0 Å². The molecule has 10 rings (SSSR count). The maximum absolute atomic E-state index is 7.54. The van der Waals surface area contributed by atoms with Gasteiger partial charge in [-0.15, -0.1) is 0 Å². The van der Waals surface area contributed by atoms with E-state index in [0.29, 0.717) is 5.69 Å². The summed E-state index contributed by atoms with van der Waals surface area (Å²) in [7, 11) is 0. The van der Waals surface area contributed by atoms with Gasteiger partial charge in [-0.25, -0.2) is 9.83 Å². The van der Waals surface area contributed by atoms with E-state index in [1.54, 1.807) is 0 Å². The fourth-order valence-corrected chi connectivity index (χ4v) is 8.47. The van der Waals surface area contributed by atoms with Crippen molar-refractivity contribution in [2.24, 2.45) is 0 Å². The Bertz CT molecular complexity index is 2930. The Kier molecular flexibility index (Phi) is 6.32. The van der Waals surface area contributed by atoms with E-state index in [1.807, 2.05) is 6.07 Å². The highest BCUT2D eigenvalue weighted by atomic mass is 14.7. The average Bonchev–Trinajstić information content (AvgIpc) is 3.42. The van der Waals surface area contributed by atoms with Crippen LogP contribution in [0.15, 0.2) is 158 Å². The van der Waals surface area contributed by atoms with Crippen LogP contribution in [-0.4, -0.2) is 4.98 Å². The van der Waals surface area contributed by atoms with E-state index in [0.717, 1.165) is 22.2 Å². The molecule has 2 heteroatoms. The molecule has 9 aromatic rings. The van der Waals surface area contributed by atoms with Crippen LogP contribution in [0, 0.1) is 6.57 Å². The van der Waals surface area contributed by atoms with Crippen molar-refractivity contribution < 1.29 is 0 Å². The fourth-order valence-electron chi connectivity index (χ4n) is 8.47. The fraction of sp³-hybridized carbons (Fsp3) is 0.0612. The Morgan fingerprint density at radius 2 is 1.12 bits per heavy atom. The van der Waals surface area contributed by atoms with Crippen LogP contribution in [0.4, 0.5) is 5.69 Å². The normalized spacial score (nSPS) is 13.0. The van der Waals surface area contributed by atoms with Crippen molar-refractivity contribution in [1.29, 1.82) is 0 Å². The summed E-state index contributed by atoms with van der Waals surface area (Å²) in [5, 5.41) is 8.40. The lowest BCUT2D eigenvalue weighted by molar-refractivity contribution is 0.661. The van der Waals surface area contributed by atoms with Gasteiger partial charge < -0.3 is 0 Å². The lowest BCUT2D eigenvalue weighted by Crippen LogP contribution is -2.14.